The van der Waals surface area contributed by atoms with Gasteiger partial charge in [0.1, 0.15) is 0 Å². The fourth-order valence-electron chi connectivity index (χ4n) is 1.39. The molecule has 2 nitrogen and oxygen atoms in total. The molecule has 0 saturated heterocycles. The number of rotatable bonds is 5. The van der Waals surface area contributed by atoms with Gasteiger partial charge in [-0.05, 0) is 30.9 Å². The quantitative estimate of drug-likeness (QED) is 0.320. The van der Waals surface area contributed by atoms with Gasteiger partial charge in [0.15, 0.2) is 11.5 Å². The van der Waals surface area contributed by atoms with Crippen LogP contribution in [0, 0.1) is 0 Å². The van der Waals surface area contributed by atoms with E-state index in [1.54, 1.807) is 6.07 Å². The zero-order valence-corrected chi connectivity index (χ0v) is 12.6. The number of alkyl halides is 2. The highest BCUT2D eigenvalue weighted by Gasteiger charge is 2.05. The lowest BCUT2D eigenvalue weighted by Gasteiger charge is -2.06. The topological polar surface area (TPSA) is 40.5 Å². The minimum Gasteiger partial charge on any atom is -0.504 e. The molecule has 2 N–H and O–H groups in total. The second-order valence-corrected chi connectivity index (χ2v) is 8.81. The Morgan fingerprint density at radius 3 is 2.53 bits per heavy atom. The molecule has 0 spiro atoms. The Bertz CT molecular complexity index is 313. The summed E-state index contributed by atoms with van der Waals surface area (Å²) in [6.07, 6.45) is 4.24. The molecule has 1 aromatic carbocycles. The number of aromatic hydroxyl groups is 2. The van der Waals surface area contributed by atoms with Gasteiger partial charge in [-0.2, -0.15) is 0 Å². The maximum atomic E-state index is 9.55. The van der Waals surface area contributed by atoms with Crippen molar-refractivity contribution in [2.75, 3.05) is 0 Å². The molecule has 0 unspecified atom stereocenters. The Balaban J connectivity index is 2.41. The van der Waals surface area contributed by atoms with Gasteiger partial charge in [0.25, 0.3) is 0 Å². The van der Waals surface area contributed by atoms with Crippen molar-refractivity contribution in [1.82, 2.24) is 0 Å². The number of unbranched alkanes of at least 4 members (excludes halogenated alkanes) is 1. The summed E-state index contributed by atoms with van der Waals surface area (Å²) in [5, 5.41) is 18.8. The fraction of sp³-hybridized carbons (Fsp3) is 0.455. The zero-order chi connectivity index (χ0) is 11.3. The third-order valence-electron chi connectivity index (χ3n) is 2.22. The van der Waals surface area contributed by atoms with Crippen molar-refractivity contribution in [2.45, 2.75) is 27.6 Å². The largest absolute Gasteiger partial charge is 0.504 e. The summed E-state index contributed by atoms with van der Waals surface area (Å²) < 4.78 is 0.679. The van der Waals surface area contributed by atoms with Crippen molar-refractivity contribution in [3.63, 3.8) is 0 Å². The monoisotopic (exact) mass is 432 g/mol. The van der Waals surface area contributed by atoms with E-state index in [4.69, 9.17) is 0 Å². The van der Waals surface area contributed by atoms with Gasteiger partial charge in [0.05, 0.1) is 1.93 Å². The molecule has 0 atom stereocenters. The first kappa shape index (κ1) is 13.3. The van der Waals surface area contributed by atoms with Gasteiger partial charge in [-0.1, -0.05) is 63.7 Å². The standard InChI is InChI=1S/C11H14I2O2/c12-10(13)7-2-1-4-8-5-3-6-9(14)11(8)15/h3,5-6,10,14-15H,1-2,4,7H2. The minimum atomic E-state index is -0.0202. The molecule has 0 bridgehead atoms. The molecule has 84 valence electrons. The van der Waals surface area contributed by atoms with Crippen LogP contribution in [-0.4, -0.2) is 12.1 Å². The molecule has 0 amide bonds. The zero-order valence-electron chi connectivity index (χ0n) is 8.29. The lowest BCUT2D eigenvalue weighted by molar-refractivity contribution is 0.398. The molecule has 0 aliphatic heterocycles. The second kappa shape index (κ2) is 6.78. The second-order valence-electron chi connectivity index (χ2n) is 3.42. The number of aryl methyl sites for hydroxylation is 1. The highest BCUT2D eigenvalue weighted by molar-refractivity contribution is 14.2. The number of halogens is 2. The van der Waals surface area contributed by atoms with E-state index in [9.17, 15) is 10.2 Å². The first-order chi connectivity index (χ1) is 7.11. The van der Waals surface area contributed by atoms with Crippen molar-refractivity contribution in [3.8, 4) is 11.5 Å². The fourth-order valence-corrected chi connectivity index (χ4v) is 2.27. The summed E-state index contributed by atoms with van der Waals surface area (Å²) in [7, 11) is 0. The molecule has 1 rings (SSSR count). The van der Waals surface area contributed by atoms with E-state index in [2.05, 4.69) is 45.2 Å². The van der Waals surface area contributed by atoms with Crippen molar-refractivity contribution in [2.24, 2.45) is 0 Å². The van der Waals surface area contributed by atoms with Gasteiger partial charge in [-0.25, -0.2) is 0 Å². The number of phenolic OH excluding ortho intramolecular Hbond substituents is 2. The van der Waals surface area contributed by atoms with E-state index >= 15 is 0 Å². The number of hydrogen-bond donors (Lipinski definition) is 2. The highest BCUT2D eigenvalue weighted by Crippen LogP contribution is 2.29. The summed E-state index contributed by atoms with van der Waals surface area (Å²) in [4.78, 5) is 0. The minimum absolute atomic E-state index is 0.0202. The SMILES string of the molecule is Oc1cccc(CCCCC(I)I)c1O. The van der Waals surface area contributed by atoms with Crippen LogP contribution in [0.15, 0.2) is 18.2 Å². The van der Waals surface area contributed by atoms with E-state index in [-0.39, 0.29) is 11.5 Å². The van der Waals surface area contributed by atoms with Crippen molar-refractivity contribution in [1.29, 1.82) is 0 Å². The molecule has 15 heavy (non-hydrogen) atoms. The van der Waals surface area contributed by atoms with Gasteiger partial charge in [0.2, 0.25) is 0 Å². The lowest BCUT2D eigenvalue weighted by atomic mass is 10.1. The molecule has 0 aliphatic carbocycles. The third-order valence-corrected chi connectivity index (χ3v) is 3.46. The third kappa shape index (κ3) is 4.76. The summed E-state index contributed by atoms with van der Waals surface area (Å²) in [6, 6.07) is 5.13. The van der Waals surface area contributed by atoms with Crippen LogP contribution in [0.5, 0.6) is 11.5 Å². The summed E-state index contributed by atoms with van der Waals surface area (Å²) in [6.45, 7) is 0. The van der Waals surface area contributed by atoms with Crippen LogP contribution in [0.4, 0.5) is 0 Å². The van der Waals surface area contributed by atoms with Crippen LogP contribution in [-0.2, 0) is 6.42 Å². The van der Waals surface area contributed by atoms with Crippen LogP contribution in [0.25, 0.3) is 0 Å². The molecule has 0 saturated carbocycles. The van der Waals surface area contributed by atoms with Crippen LogP contribution in [0.2, 0.25) is 0 Å². The van der Waals surface area contributed by atoms with Gasteiger partial charge in [-0.15, -0.1) is 0 Å². The highest BCUT2D eigenvalue weighted by atomic mass is 127. The Labute approximate surface area is 117 Å². The number of phenols is 2. The molecule has 0 aliphatic rings. The maximum Gasteiger partial charge on any atom is 0.160 e. The number of para-hydroxylation sites is 1. The predicted octanol–water partition coefficient (Wildman–Crippen LogP) is 4.01. The predicted molar refractivity (Wildman–Crippen MR) is 79.2 cm³/mol. The number of benzene rings is 1. The molecule has 0 aromatic heterocycles. The molecule has 4 heteroatoms. The van der Waals surface area contributed by atoms with Crippen LogP contribution >= 0.6 is 45.2 Å². The van der Waals surface area contributed by atoms with Crippen molar-refractivity contribution in [3.05, 3.63) is 23.8 Å². The van der Waals surface area contributed by atoms with Crippen molar-refractivity contribution >= 4 is 45.2 Å². The average Bonchev–Trinajstić information content (AvgIpc) is 2.18. The molecular weight excluding hydrogens is 418 g/mol. The van der Waals surface area contributed by atoms with Gasteiger partial charge in [-0.3, -0.25) is 0 Å². The van der Waals surface area contributed by atoms with E-state index in [1.807, 2.05) is 6.07 Å². The van der Waals surface area contributed by atoms with E-state index < -0.39 is 0 Å². The van der Waals surface area contributed by atoms with E-state index in [1.165, 1.54) is 12.5 Å². The Hall–Kier alpha value is 0.280. The molecule has 0 radical (unpaired) electrons. The van der Waals surface area contributed by atoms with Crippen LogP contribution < -0.4 is 0 Å². The van der Waals surface area contributed by atoms with Crippen LogP contribution in [0.3, 0.4) is 0 Å². The van der Waals surface area contributed by atoms with Crippen LogP contribution in [0.1, 0.15) is 24.8 Å². The van der Waals surface area contributed by atoms with Gasteiger partial charge in [0, 0.05) is 0 Å². The van der Waals surface area contributed by atoms with Crippen molar-refractivity contribution < 1.29 is 10.2 Å². The average molecular weight is 432 g/mol. The molecule has 1 aromatic rings. The molecular formula is C11H14I2O2. The molecule has 0 fully saturated rings. The summed E-state index contributed by atoms with van der Waals surface area (Å²) >= 11 is 4.81. The lowest BCUT2D eigenvalue weighted by Crippen LogP contribution is -1.89. The first-order valence-electron chi connectivity index (χ1n) is 4.89. The first-order valence-corrected chi connectivity index (χ1v) is 7.38. The number of hydrogen-bond acceptors (Lipinski definition) is 2. The summed E-state index contributed by atoms with van der Waals surface area (Å²) in [5.41, 5.74) is 0.841. The Morgan fingerprint density at radius 1 is 1.13 bits per heavy atom. The smallest absolute Gasteiger partial charge is 0.160 e. The maximum absolute atomic E-state index is 9.55. The van der Waals surface area contributed by atoms with Gasteiger partial charge >= 0.3 is 0 Å². The van der Waals surface area contributed by atoms with E-state index in [0.29, 0.717) is 1.93 Å². The Kier molecular flexibility index (Phi) is 6.03. The van der Waals surface area contributed by atoms with E-state index in [0.717, 1.165) is 24.8 Å². The van der Waals surface area contributed by atoms with Gasteiger partial charge < -0.3 is 10.2 Å². The Morgan fingerprint density at radius 2 is 1.87 bits per heavy atom. The molecule has 0 heterocycles. The summed E-state index contributed by atoms with van der Waals surface area (Å²) in [5.74, 6) is 0.0196. The normalized spacial score (nSPS) is 10.9.